The van der Waals surface area contributed by atoms with Gasteiger partial charge in [0.1, 0.15) is 16.9 Å². The molecule has 1 amide bonds. The Hall–Kier alpha value is -5.29. The van der Waals surface area contributed by atoms with Crippen molar-refractivity contribution in [3.8, 4) is 11.1 Å². The zero-order valence-corrected chi connectivity index (χ0v) is 35.3. The molecule has 1 fully saturated rings. The Morgan fingerprint density at radius 1 is 0.867 bits per heavy atom. The molecule has 1 unspecified atom stereocenters. The number of esters is 1. The zero-order chi connectivity index (χ0) is 42.4. The van der Waals surface area contributed by atoms with Gasteiger partial charge in [0.2, 0.25) is 10.0 Å². The summed E-state index contributed by atoms with van der Waals surface area (Å²) in [5, 5.41) is 19.4. The van der Waals surface area contributed by atoms with Crippen LogP contribution in [0.3, 0.4) is 0 Å². The van der Waals surface area contributed by atoms with Crippen molar-refractivity contribution in [2.45, 2.75) is 28.5 Å². The highest BCUT2D eigenvalue weighted by molar-refractivity contribution is 8.12. The maximum Gasteiger partial charge on any atom is 0.340 e. The lowest BCUT2D eigenvalue weighted by Crippen LogP contribution is -2.52. The maximum absolute atomic E-state index is 15.1. The lowest BCUT2D eigenvalue weighted by molar-refractivity contribution is -0.384. The number of hydrogen-bond acceptors (Lipinski definition) is 11. The normalized spacial score (nSPS) is 17.6. The summed E-state index contributed by atoms with van der Waals surface area (Å²) in [6.45, 7) is 4.35. The first-order chi connectivity index (χ1) is 28.9. The van der Waals surface area contributed by atoms with E-state index in [1.165, 1.54) is 23.8 Å². The van der Waals surface area contributed by atoms with Crippen LogP contribution in [0.1, 0.15) is 32.7 Å². The van der Waals surface area contributed by atoms with E-state index in [2.05, 4.69) is 21.9 Å². The number of amides is 1. The fourth-order valence-electron chi connectivity index (χ4n) is 7.66. The second kappa shape index (κ2) is 19.0. The summed E-state index contributed by atoms with van der Waals surface area (Å²) in [7, 11) is -2.67. The number of primary sulfonamides is 1. The van der Waals surface area contributed by atoms with Gasteiger partial charge >= 0.3 is 5.97 Å². The summed E-state index contributed by atoms with van der Waals surface area (Å²) in [5.41, 5.74) is 3.34. The maximum atomic E-state index is 15.1. The van der Waals surface area contributed by atoms with Crippen LogP contribution in [-0.4, -0.2) is 98.6 Å². The average Bonchev–Trinajstić information content (AvgIpc) is 3.27. The van der Waals surface area contributed by atoms with Crippen LogP contribution >= 0.6 is 23.4 Å². The molecule has 312 valence electrons. The fraction of sp³-hybridized carbons (Fsp3) is 0.273. The molecule has 13 nitrogen and oxygen atoms in total. The molecular formula is C44H45ClN6O7S2. The minimum atomic E-state index is -4.45. The van der Waals surface area contributed by atoms with E-state index in [9.17, 15) is 23.3 Å². The summed E-state index contributed by atoms with van der Waals surface area (Å²) in [4.78, 5) is 48.9. The number of halogens is 1. The highest BCUT2D eigenvalue weighted by Crippen LogP contribution is 2.41. The Morgan fingerprint density at radius 2 is 1.53 bits per heavy atom. The van der Waals surface area contributed by atoms with Gasteiger partial charge in [-0.3, -0.25) is 24.7 Å². The Bertz CT molecular complexity index is 2430. The fourth-order valence-corrected chi connectivity index (χ4v) is 10.4. The second-order valence-electron chi connectivity index (χ2n) is 14.8. The van der Waals surface area contributed by atoms with Crippen molar-refractivity contribution in [1.82, 2.24) is 9.80 Å². The van der Waals surface area contributed by atoms with Crippen LogP contribution in [0.15, 0.2) is 126 Å². The minimum absolute atomic E-state index is 0.0279. The van der Waals surface area contributed by atoms with Crippen molar-refractivity contribution in [3.05, 3.63) is 153 Å². The molecule has 2 atom stereocenters. The predicted molar refractivity (Wildman–Crippen MR) is 236 cm³/mol. The number of nitro groups is 1. The number of nitrogens with two attached hydrogens (primary N) is 1. The number of anilines is 2. The SMILES string of the molecule is CN1CCOC(=O)c2cccc([N+](=O)[O-])c2N(C(=O)c2ccc(N3CCN(Cc4ccccc4-c4ccc(Cl)cc4)CC3)cc2)[C@@H](C(Sc2ccccc2)S(N)(=O)=O)CC1. The molecule has 1 saturated heterocycles. The molecule has 7 rings (SSSR count). The van der Waals surface area contributed by atoms with Crippen LogP contribution in [0.2, 0.25) is 5.02 Å². The number of piperazine rings is 1. The number of ether oxygens (including phenoxy) is 1. The molecular weight excluding hydrogens is 824 g/mol. The Labute approximate surface area is 358 Å². The standard InChI is InChI=1S/C44H45ClN6O7S2/c1-47-23-22-40(44(60(46,56)57)59-36-9-3-2-4-10-36)50(41-38(43(53)58-29-28-47)12-7-13-39(41)51(54)55)42(52)32-16-20-35(21-17-32)49-26-24-48(25-27-49)30-33-8-5-6-11-37(33)31-14-18-34(45)19-15-31/h2-21,40,44H,22-30H2,1H3,(H2,46,56,57)/t40-,44?/m1/s1. The van der Waals surface area contributed by atoms with Gasteiger partial charge in [0.15, 0.2) is 0 Å². The molecule has 2 heterocycles. The van der Waals surface area contributed by atoms with E-state index in [-0.39, 0.29) is 36.4 Å². The molecule has 5 aromatic carbocycles. The van der Waals surface area contributed by atoms with E-state index in [1.54, 1.807) is 49.5 Å². The number of para-hydroxylation sites is 1. The molecule has 0 aliphatic carbocycles. The number of rotatable bonds is 10. The first-order valence-corrected chi connectivity index (χ1v) is 22.4. The first kappa shape index (κ1) is 42.8. The molecule has 0 aromatic heterocycles. The Kier molecular flexibility index (Phi) is 13.5. The molecule has 60 heavy (non-hydrogen) atoms. The smallest absolute Gasteiger partial charge is 0.340 e. The largest absolute Gasteiger partial charge is 0.461 e. The lowest BCUT2D eigenvalue weighted by Gasteiger charge is -2.37. The third kappa shape index (κ3) is 10.0. The molecule has 2 N–H and O–H groups in total. The molecule has 0 radical (unpaired) electrons. The third-order valence-electron chi connectivity index (χ3n) is 10.8. The van der Waals surface area contributed by atoms with Gasteiger partial charge in [-0.05, 0) is 84.8 Å². The van der Waals surface area contributed by atoms with Gasteiger partial charge in [0.05, 0.1) is 16.5 Å². The van der Waals surface area contributed by atoms with Crippen molar-refractivity contribution in [2.24, 2.45) is 5.14 Å². The van der Waals surface area contributed by atoms with Crippen LogP contribution in [0, 0.1) is 10.1 Å². The van der Waals surface area contributed by atoms with Crippen molar-refractivity contribution in [1.29, 1.82) is 0 Å². The first-order valence-electron chi connectivity index (χ1n) is 19.5. The molecule has 0 saturated carbocycles. The van der Waals surface area contributed by atoms with E-state index in [4.69, 9.17) is 21.5 Å². The summed E-state index contributed by atoms with van der Waals surface area (Å²) in [6, 6.07) is 34.4. The molecule has 2 aliphatic rings. The number of hydrogen-bond donors (Lipinski definition) is 1. The Balaban J connectivity index is 1.20. The van der Waals surface area contributed by atoms with Crippen molar-refractivity contribution >= 4 is 62.3 Å². The average molecular weight is 869 g/mol. The number of likely N-dealkylation sites (N-methyl/N-ethyl adjacent to an activating group) is 1. The molecule has 5 aromatic rings. The van der Waals surface area contributed by atoms with Crippen LogP contribution in [0.5, 0.6) is 0 Å². The van der Waals surface area contributed by atoms with Gasteiger partial charge < -0.3 is 14.5 Å². The Morgan fingerprint density at radius 3 is 2.22 bits per heavy atom. The van der Waals surface area contributed by atoms with Crippen molar-refractivity contribution < 1.29 is 27.7 Å². The molecule has 2 aliphatic heterocycles. The lowest BCUT2D eigenvalue weighted by atomic mass is 9.99. The van der Waals surface area contributed by atoms with Crippen molar-refractivity contribution in [2.75, 3.05) is 62.7 Å². The van der Waals surface area contributed by atoms with Crippen LogP contribution in [0.25, 0.3) is 11.1 Å². The summed E-state index contributed by atoms with van der Waals surface area (Å²) in [6.07, 6.45) is 0.0371. The predicted octanol–water partition coefficient (Wildman–Crippen LogP) is 7.15. The van der Waals surface area contributed by atoms with Crippen LogP contribution in [-0.2, 0) is 21.3 Å². The topological polar surface area (TPSA) is 160 Å². The quantitative estimate of drug-likeness (QED) is 0.0658. The summed E-state index contributed by atoms with van der Waals surface area (Å²) < 4.78 is 31.3. The van der Waals surface area contributed by atoms with Gasteiger partial charge in [0.25, 0.3) is 11.6 Å². The van der Waals surface area contributed by atoms with Gasteiger partial charge in [-0.25, -0.2) is 18.4 Å². The number of thioether (sulfide) groups is 1. The van der Waals surface area contributed by atoms with Gasteiger partial charge in [-0.2, -0.15) is 0 Å². The van der Waals surface area contributed by atoms with E-state index >= 15 is 4.79 Å². The second-order valence-corrected chi connectivity index (χ2v) is 18.4. The number of carbonyl (C=O) groups is 2. The van der Waals surface area contributed by atoms with E-state index in [1.807, 2.05) is 53.4 Å². The highest BCUT2D eigenvalue weighted by Gasteiger charge is 2.43. The highest BCUT2D eigenvalue weighted by atomic mass is 35.5. The number of cyclic esters (lactones) is 1. The number of carbonyl (C=O) groups excluding carboxylic acids is 2. The van der Waals surface area contributed by atoms with Gasteiger partial charge in [-0.1, -0.05) is 72.3 Å². The van der Waals surface area contributed by atoms with E-state index < -0.39 is 43.1 Å². The van der Waals surface area contributed by atoms with Crippen LogP contribution in [0.4, 0.5) is 17.1 Å². The summed E-state index contributed by atoms with van der Waals surface area (Å²) in [5.74, 6) is -1.62. The number of fused-ring (bicyclic) bond motifs is 1. The molecule has 0 bridgehead atoms. The zero-order valence-electron chi connectivity index (χ0n) is 32.9. The summed E-state index contributed by atoms with van der Waals surface area (Å²) >= 11 is 7.09. The van der Waals surface area contributed by atoms with Crippen LogP contribution < -0.4 is 14.9 Å². The molecule has 0 spiro atoms. The van der Waals surface area contributed by atoms with Gasteiger partial charge in [0, 0.05) is 73.0 Å². The number of nitro benzene ring substituents is 1. The monoisotopic (exact) mass is 868 g/mol. The minimum Gasteiger partial charge on any atom is -0.461 e. The third-order valence-corrected chi connectivity index (χ3v) is 14.2. The van der Waals surface area contributed by atoms with Gasteiger partial charge in [-0.15, -0.1) is 11.8 Å². The molecule has 16 heteroatoms. The van der Waals surface area contributed by atoms with E-state index in [0.717, 1.165) is 66.2 Å². The van der Waals surface area contributed by atoms with E-state index in [0.29, 0.717) is 16.5 Å². The van der Waals surface area contributed by atoms with Crippen molar-refractivity contribution in [3.63, 3.8) is 0 Å². The number of sulfonamides is 1. The number of nitrogens with zero attached hydrogens (tertiary/aromatic N) is 5. The number of benzene rings is 5.